The number of hydrogen-bond donors (Lipinski definition) is 1. The monoisotopic (exact) mass is 348 g/mol. The van der Waals surface area contributed by atoms with Crippen LogP contribution in [-0.4, -0.2) is 25.7 Å². The Morgan fingerprint density at radius 1 is 1.19 bits per heavy atom. The van der Waals surface area contributed by atoms with E-state index in [1.165, 1.54) is 5.56 Å². The first-order valence-electron chi connectivity index (χ1n) is 7.10. The number of nitrogens with zero attached hydrogens (tertiary/aromatic N) is 1. The maximum Gasteiger partial charge on any atom is 0.122 e. The van der Waals surface area contributed by atoms with E-state index in [1.54, 1.807) is 7.11 Å². The molecule has 3 nitrogen and oxygen atoms in total. The van der Waals surface area contributed by atoms with E-state index in [1.807, 2.05) is 31.4 Å². The molecule has 2 rings (SSSR count). The van der Waals surface area contributed by atoms with Crippen molar-refractivity contribution in [2.45, 2.75) is 12.8 Å². The molecule has 0 saturated heterocycles. The van der Waals surface area contributed by atoms with E-state index in [0.717, 1.165) is 35.3 Å². The van der Waals surface area contributed by atoms with Gasteiger partial charge >= 0.3 is 0 Å². The van der Waals surface area contributed by atoms with Crippen LogP contribution in [-0.2, 0) is 12.8 Å². The van der Waals surface area contributed by atoms with Crippen LogP contribution in [0.25, 0.3) is 0 Å². The molecule has 2 aromatic rings. The van der Waals surface area contributed by atoms with Gasteiger partial charge in [0.05, 0.1) is 7.11 Å². The number of pyridine rings is 1. The molecule has 0 spiro atoms. The summed E-state index contributed by atoms with van der Waals surface area (Å²) in [6.07, 6.45) is 3.78. The minimum absolute atomic E-state index is 0.486. The number of benzene rings is 1. The van der Waals surface area contributed by atoms with Crippen molar-refractivity contribution in [3.8, 4) is 5.75 Å². The fourth-order valence-corrected chi connectivity index (χ4v) is 2.75. The third-order valence-electron chi connectivity index (χ3n) is 3.48. The molecule has 21 heavy (non-hydrogen) atoms. The first kappa shape index (κ1) is 16.0. The van der Waals surface area contributed by atoms with Crippen LogP contribution in [0.3, 0.4) is 0 Å². The minimum atomic E-state index is 0.486. The Bertz CT molecular complexity index is 557. The Balaban J connectivity index is 2.09. The van der Waals surface area contributed by atoms with Crippen molar-refractivity contribution in [3.05, 3.63) is 58.3 Å². The summed E-state index contributed by atoms with van der Waals surface area (Å²) in [7, 11) is 3.71. The molecule has 1 heterocycles. The minimum Gasteiger partial charge on any atom is -0.496 e. The summed E-state index contributed by atoms with van der Waals surface area (Å²) in [5.41, 5.74) is 2.37. The highest BCUT2D eigenvalue weighted by Gasteiger charge is 2.13. The quantitative estimate of drug-likeness (QED) is 0.831. The van der Waals surface area contributed by atoms with Crippen molar-refractivity contribution < 1.29 is 4.74 Å². The van der Waals surface area contributed by atoms with Crippen molar-refractivity contribution in [1.29, 1.82) is 0 Å². The lowest BCUT2D eigenvalue weighted by Gasteiger charge is -2.18. The zero-order valence-corrected chi connectivity index (χ0v) is 14.1. The van der Waals surface area contributed by atoms with Crippen LogP contribution in [0.4, 0.5) is 0 Å². The van der Waals surface area contributed by atoms with Crippen LogP contribution in [0.5, 0.6) is 5.75 Å². The lowest BCUT2D eigenvalue weighted by molar-refractivity contribution is 0.401. The normalized spacial score (nSPS) is 12.1. The highest BCUT2D eigenvalue weighted by atomic mass is 79.9. The van der Waals surface area contributed by atoms with Crippen molar-refractivity contribution in [2.75, 3.05) is 20.7 Å². The number of halogens is 1. The molecule has 0 aliphatic carbocycles. The average Bonchev–Trinajstić information content (AvgIpc) is 2.50. The topological polar surface area (TPSA) is 34.2 Å². The molecule has 1 N–H and O–H groups in total. The maximum atomic E-state index is 5.45. The van der Waals surface area contributed by atoms with Crippen LogP contribution in [0.1, 0.15) is 11.3 Å². The van der Waals surface area contributed by atoms with E-state index in [2.05, 4.69) is 44.4 Å². The van der Waals surface area contributed by atoms with Gasteiger partial charge in [0.15, 0.2) is 0 Å². The van der Waals surface area contributed by atoms with Crippen molar-refractivity contribution in [3.63, 3.8) is 0 Å². The van der Waals surface area contributed by atoms with Crippen molar-refractivity contribution >= 4 is 15.9 Å². The number of nitrogens with one attached hydrogen (secondary N) is 1. The molecule has 1 aromatic carbocycles. The highest BCUT2D eigenvalue weighted by Crippen LogP contribution is 2.22. The zero-order valence-electron chi connectivity index (χ0n) is 12.5. The van der Waals surface area contributed by atoms with Crippen molar-refractivity contribution in [1.82, 2.24) is 10.3 Å². The van der Waals surface area contributed by atoms with Gasteiger partial charge < -0.3 is 10.1 Å². The molecule has 0 amide bonds. The second-order valence-corrected chi connectivity index (χ2v) is 6.03. The van der Waals surface area contributed by atoms with Gasteiger partial charge in [-0.25, -0.2) is 0 Å². The second-order valence-electron chi connectivity index (χ2n) is 5.11. The van der Waals surface area contributed by atoms with Gasteiger partial charge in [-0.1, -0.05) is 18.2 Å². The van der Waals surface area contributed by atoms with E-state index in [0.29, 0.717) is 5.92 Å². The highest BCUT2D eigenvalue weighted by molar-refractivity contribution is 9.10. The standard InChI is InChI=1S/C17H21BrN2O/c1-19-11-13(10-16-8-7-15(18)12-20-16)9-14-5-3-4-6-17(14)21-2/h3-8,12-13,19H,9-11H2,1-2H3. The second kappa shape index (κ2) is 8.15. The van der Waals surface area contributed by atoms with Gasteiger partial charge in [0, 0.05) is 16.4 Å². The average molecular weight is 349 g/mol. The van der Waals surface area contributed by atoms with Crippen LogP contribution in [0.15, 0.2) is 47.1 Å². The predicted octanol–water partition coefficient (Wildman–Crippen LogP) is 3.47. The van der Waals surface area contributed by atoms with Crippen molar-refractivity contribution in [2.24, 2.45) is 5.92 Å². The third kappa shape index (κ3) is 4.83. The maximum absolute atomic E-state index is 5.45. The van der Waals surface area contributed by atoms with Crippen LogP contribution in [0, 0.1) is 5.92 Å². The number of hydrogen-bond acceptors (Lipinski definition) is 3. The Hall–Kier alpha value is -1.39. The first-order valence-corrected chi connectivity index (χ1v) is 7.89. The third-order valence-corrected chi connectivity index (χ3v) is 3.95. The molecular formula is C17H21BrN2O. The number of ether oxygens (including phenoxy) is 1. The Morgan fingerprint density at radius 3 is 2.67 bits per heavy atom. The van der Waals surface area contributed by atoms with Gasteiger partial charge in [-0.15, -0.1) is 0 Å². The lowest BCUT2D eigenvalue weighted by atomic mass is 9.94. The van der Waals surface area contributed by atoms with Gasteiger partial charge in [0.25, 0.3) is 0 Å². The fourth-order valence-electron chi connectivity index (χ4n) is 2.51. The summed E-state index contributed by atoms with van der Waals surface area (Å²) in [6.45, 7) is 0.954. The largest absolute Gasteiger partial charge is 0.496 e. The summed E-state index contributed by atoms with van der Waals surface area (Å²) in [5, 5.41) is 3.28. The lowest BCUT2D eigenvalue weighted by Crippen LogP contribution is -2.23. The molecular weight excluding hydrogens is 328 g/mol. The molecule has 0 bridgehead atoms. The number of aromatic nitrogens is 1. The molecule has 4 heteroatoms. The molecule has 112 valence electrons. The molecule has 0 saturated carbocycles. The number of rotatable bonds is 7. The van der Waals surface area contributed by atoms with Gasteiger partial charge in [0.1, 0.15) is 5.75 Å². The van der Waals surface area contributed by atoms with E-state index >= 15 is 0 Å². The van der Waals surface area contributed by atoms with Gasteiger partial charge in [-0.05, 0) is 72.0 Å². The predicted molar refractivity (Wildman–Crippen MR) is 89.8 cm³/mol. The summed E-state index contributed by atoms with van der Waals surface area (Å²) >= 11 is 3.42. The summed E-state index contributed by atoms with van der Waals surface area (Å²) in [6, 6.07) is 12.3. The molecule has 1 atom stereocenters. The van der Waals surface area contributed by atoms with Crippen LogP contribution < -0.4 is 10.1 Å². The summed E-state index contributed by atoms with van der Waals surface area (Å²) in [5.74, 6) is 1.45. The zero-order chi connectivity index (χ0) is 15.1. The summed E-state index contributed by atoms with van der Waals surface area (Å²) < 4.78 is 6.46. The van der Waals surface area contributed by atoms with Crippen LogP contribution >= 0.6 is 15.9 Å². The smallest absolute Gasteiger partial charge is 0.122 e. The molecule has 0 aliphatic rings. The Kier molecular flexibility index (Phi) is 6.21. The van der Waals surface area contributed by atoms with Gasteiger partial charge in [0.2, 0.25) is 0 Å². The van der Waals surface area contributed by atoms with Crippen LogP contribution in [0.2, 0.25) is 0 Å². The Morgan fingerprint density at radius 2 is 2.00 bits per heavy atom. The summed E-state index contributed by atoms with van der Waals surface area (Å²) in [4.78, 5) is 4.48. The SMILES string of the molecule is CNCC(Cc1ccc(Br)cn1)Cc1ccccc1OC. The molecule has 0 aliphatic heterocycles. The van der Waals surface area contributed by atoms with E-state index < -0.39 is 0 Å². The van der Waals surface area contributed by atoms with Gasteiger partial charge in [-0.2, -0.15) is 0 Å². The number of para-hydroxylation sites is 1. The van der Waals surface area contributed by atoms with E-state index in [9.17, 15) is 0 Å². The van der Waals surface area contributed by atoms with Gasteiger partial charge in [-0.3, -0.25) is 4.98 Å². The Labute approximate surface area is 134 Å². The van der Waals surface area contributed by atoms with E-state index in [-0.39, 0.29) is 0 Å². The molecule has 1 unspecified atom stereocenters. The molecule has 1 aromatic heterocycles. The number of methoxy groups -OCH3 is 1. The molecule has 0 fully saturated rings. The van der Waals surface area contributed by atoms with E-state index in [4.69, 9.17) is 4.74 Å². The fraction of sp³-hybridized carbons (Fsp3) is 0.353. The molecule has 0 radical (unpaired) electrons. The first-order chi connectivity index (χ1) is 10.2.